The van der Waals surface area contributed by atoms with E-state index in [-0.39, 0.29) is 5.78 Å². The number of furan rings is 1. The van der Waals surface area contributed by atoms with Crippen molar-refractivity contribution >= 4 is 23.5 Å². The number of rotatable bonds is 9. The van der Waals surface area contributed by atoms with Crippen LogP contribution in [0, 0.1) is 13.8 Å². The molecule has 1 aliphatic heterocycles. The van der Waals surface area contributed by atoms with E-state index >= 15 is 0 Å². The van der Waals surface area contributed by atoms with Gasteiger partial charge >= 0.3 is 0 Å². The molecule has 0 saturated carbocycles. The molecule has 0 unspecified atom stereocenters. The molecule has 5 rings (SSSR count). The lowest BCUT2D eigenvalue weighted by atomic mass is 10.2. The normalized spacial score (nSPS) is 13.9. The van der Waals surface area contributed by atoms with E-state index in [1.54, 1.807) is 6.26 Å². The fourth-order valence-electron chi connectivity index (χ4n) is 4.38. The maximum absolute atomic E-state index is 13.2. The minimum Gasteiger partial charge on any atom is -0.467 e. The number of ketones is 1. The number of Topliss-reactive ketones (excluding diaryl/α,β-unsaturated/α-hetero) is 1. The molecule has 4 heterocycles. The lowest BCUT2D eigenvalue weighted by Crippen LogP contribution is -2.38. The monoisotopic (exact) mass is 491 g/mol. The smallest absolute Gasteiger partial charge is 0.228 e. The van der Waals surface area contributed by atoms with Crippen molar-refractivity contribution in [3.63, 3.8) is 0 Å². The first-order valence-electron chi connectivity index (χ1n) is 11.7. The van der Waals surface area contributed by atoms with Crippen LogP contribution < -0.4 is 4.90 Å². The Morgan fingerprint density at radius 3 is 2.54 bits per heavy atom. The minimum absolute atomic E-state index is 0.0796. The van der Waals surface area contributed by atoms with Gasteiger partial charge in [0.1, 0.15) is 5.76 Å². The zero-order valence-corrected chi connectivity index (χ0v) is 20.8. The van der Waals surface area contributed by atoms with Crippen LogP contribution in [0.2, 0.25) is 0 Å². The molecule has 9 heteroatoms. The van der Waals surface area contributed by atoms with Gasteiger partial charge in [-0.1, -0.05) is 42.1 Å². The van der Waals surface area contributed by atoms with Gasteiger partial charge in [0.25, 0.3) is 0 Å². The van der Waals surface area contributed by atoms with Crippen LogP contribution in [0.5, 0.6) is 0 Å². The summed E-state index contributed by atoms with van der Waals surface area (Å²) < 4.78 is 15.2. The number of anilines is 1. The lowest BCUT2D eigenvalue weighted by Gasteiger charge is -2.28. The lowest BCUT2D eigenvalue weighted by molar-refractivity contribution is 0.102. The third-order valence-electron chi connectivity index (χ3n) is 6.28. The summed E-state index contributed by atoms with van der Waals surface area (Å²) in [6.45, 7) is 8.16. The summed E-state index contributed by atoms with van der Waals surface area (Å²) in [4.78, 5) is 15.4. The first kappa shape index (κ1) is 23.4. The highest BCUT2D eigenvalue weighted by molar-refractivity contribution is 7.99. The number of carbonyl (C=O) groups is 1. The molecule has 3 aromatic heterocycles. The van der Waals surface area contributed by atoms with Crippen molar-refractivity contribution in [2.75, 3.05) is 37.0 Å². The minimum atomic E-state index is 0.0796. The second kappa shape index (κ2) is 10.5. The Hall–Kier alpha value is -3.30. The Balaban J connectivity index is 1.34. The van der Waals surface area contributed by atoms with E-state index in [0.717, 1.165) is 52.5 Å². The van der Waals surface area contributed by atoms with Crippen LogP contribution in [0.15, 0.2) is 64.4 Å². The van der Waals surface area contributed by atoms with Crippen LogP contribution in [0.1, 0.15) is 33.1 Å². The van der Waals surface area contributed by atoms with Gasteiger partial charge in [-0.05, 0) is 37.6 Å². The summed E-state index contributed by atoms with van der Waals surface area (Å²) in [5.74, 6) is 2.06. The molecule has 0 N–H and O–H groups in total. The second-order valence-electron chi connectivity index (χ2n) is 8.62. The SMILES string of the molecule is Cc1cc(C(=O)CSc2nnc(N3CCOCC3)n2Cc2ccccc2)c(C)n1Cc1ccco1. The van der Waals surface area contributed by atoms with Crippen LogP contribution in [0.3, 0.4) is 0 Å². The molecule has 1 saturated heterocycles. The molecule has 1 aromatic carbocycles. The summed E-state index contributed by atoms with van der Waals surface area (Å²) in [5, 5.41) is 9.72. The van der Waals surface area contributed by atoms with Gasteiger partial charge in [-0.25, -0.2) is 0 Å². The summed E-state index contributed by atoms with van der Waals surface area (Å²) in [6.07, 6.45) is 1.67. The van der Waals surface area contributed by atoms with Crippen LogP contribution in [-0.4, -0.2) is 57.2 Å². The number of hydrogen-bond acceptors (Lipinski definition) is 7. The Morgan fingerprint density at radius 1 is 1.00 bits per heavy atom. The number of thioether (sulfide) groups is 1. The van der Waals surface area contributed by atoms with Gasteiger partial charge in [-0.2, -0.15) is 0 Å². The third kappa shape index (κ3) is 5.21. The largest absolute Gasteiger partial charge is 0.467 e. The van der Waals surface area contributed by atoms with Crippen molar-refractivity contribution in [2.45, 2.75) is 32.1 Å². The molecule has 0 amide bonds. The first-order chi connectivity index (χ1) is 17.1. The molecule has 182 valence electrons. The predicted octanol–water partition coefficient (Wildman–Crippen LogP) is 4.20. The molecule has 0 aliphatic carbocycles. The topological polar surface area (TPSA) is 78.3 Å². The van der Waals surface area contributed by atoms with E-state index in [9.17, 15) is 4.79 Å². The average molecular weight is 492 g/mol. The van der Waals surface area contributed by atoms with Crippen molar-refractivity contribution in [3.8, 4) is 0 Å². The molecule has 4 aromatic rings. The van der Waals surface area contributed by atoms with Crippen molar-refractivity contribution in [1.82, 2.24) is 19.3 Å². The highest BCUT2D eigenvalue weighted by Gasteiger charge is 2.23. The van der Waals surface area contributed by atoms with E-state index in [1.807, 2.05) is 50.2 Å². The van der Waals surface area contributed by atoms with Gasteiger partial charge in [0.2, 0.25) is 5.95 Å². The molecular formula is C26H29N5O3S. The molecule has 0 bridgehead atoms. The van der Waals surface area contributed by atoms with Crippen LogP contribution in [0.25, 0.3) is 0 Å². The van der Waals surface area contributed by atoms with Gasteiger partial charge in [-0.3, -0.25) is 9.36 Å². The van der Waals surface area contributed by atoms with E-state index in [4.69, 9.17) is 9.15 Å². The summed E-state index contributed by atoms with van der Waals surface area (Å²) in [5.41, 5.74) is 3.89. The number of aryl methyl sites for hydroxylation is 1. The number of ether oxygens (including phenoxy) is 1. The fraction of sp³-hybridized carbons (Fsp3) is 0.346. The Labute approximate surface area is 208 Å². The maximum atomic E-state index is 13.2. The predicted molar refractivity (Wildman–Crippen MR) is 135 cm³/mol. The Kier molecular flexibility index (Phi) is 7.06. The molecular weight excluding hydrogens is 462 g/mol. The quantitative estimate of drug-likeness (QED) is 0.257. The number of morpholine rings is 1. The average Bonchev–Trinajstić information content (AvgIpc) is 3.61. The molecule has 1 fully saturated rings. The van der Waals surface area contributed by atoms with E-state index in [2.05, 4.69) is 36.4 Å². The highest BCUT2D eigenvalue weighted by Crippen LogP contribution is 2.26. The molecule has 35 heavy (non-hydrogen) atoms. The summed E-state index contributed by atoms with van der Waals surface area (Å²) in [7, 11) is 0. The van der Waals surface area contributed by atoms with Crippen LogP contribution in [0.4, 0.5) is 5.95 Å². The van der Waals surface area contributed by atoms with Gasteiger partial charge in [0.15, 0.2) is 10.9 Å². The second-order valence-corrected chi connectivity index (χ2v) is 9.56. The van der Waals surface area contributed by atoms with Gasteiger partial charge in [0.05, 0.1) is 38.3 Å². The Bertz CT molecular complexity index is 1270. The standard InChI is InChI=1S/C26H29N5O3S/c1-19-15-23(20(2)30(19)17-22-9-6-12-34-22)24(32)18-35-26-28-27-25(29-10-13-33-14-11-29)31(26)16-21-7-4-3-5-8-21/h3-9,12,15H,10-11,13-14,16-18H2,1-2H3. The molecule has 1 aliphatic rings. The molecule has 0 radical (unpaired) electrons. The van der Waals surface area contributed by atoms with E-state index in [0.29, 0.717) is 32.1 Å². The number of benzene rings is 1. The zero-order chi connectivity index (χ0) is 24.2. The summed E-state index contributed by atoms with van der Waals surface area (Å²) >= 11 is 1.44. The Morgan fingerprint density at radius 2 is 1.80 bits per heavy atom. The van der Waals surface area contributed by atoms with Crippen molar-refractivity contribution in [2.24, 2.45) is 0 Å². The molecule has 8 nitrogen and oxygen atoms in total. The van der Waals surface area contributed by atoms with Gasteiger partial charge in [-0.15, -0.1) is 10.2 Å². The van der Waals surface area contributed by atoms with Crippen LogP contribution in [-0.2, 0) is 17.8 Å². The third-order valence-corrected chi connectivity index (χ3v) is 7.24. The van der Waals surface area contributed by atoms with Crippen molar-refractivity contribution < 1.29 is 13.9 Å². The van der Waals surface area contributed by atoms with Gasteiger partial charge < -0.3 is 18.6 Å². The van der Waals surface area contributed by atoms with E-state index < -0.39 is 0 Å². The first-order valence-corrected chi connectivity index (χ1v) is 12.7. The number of carbonyl (C=O) groups excluding carboxylic acids is 1. The van der Waals surface area contributed by atoms with Gasteiger partial charge in [0, 0.05) is 30.0 Å². The van der Waals surface area contributed by atoms with Crippen molar-refractivity contribution in [1.29, 1.82) is 0 Å². The number of hydrogen-bond donors (Lipinski definition) is 0. The summed E-state index contributed by atoms with van der Waals surface area (Å²) in [6, 6.07) is 16.0. The highest BCUT2D eigenvalue weighted by atomic mass is 32.2. The molecule has 0 atom stereocenters. The molecule has 0 spiro atoms. The van der Waals surface area contributed by atoms with E-state index in [1.165, 1.54) is 11.8 Å². The van der Waals surface area contributed by atoms with Crippen LogP contribution >= 0.6 is 11.8 Å². The van der Waals surface area contributed by atoms with Crippen molar-refractivity contribution in [3.05, 3.63) is 83.1 Å². The zero-order valence-electron chi connectivity index (χ0n) is 20.0. The number of aromatic nitrogens is 4. The number of nitrogens with zero attached hydrogens (tertiary/aromatic N) is 5. The maximum Gasteiger partial charge on any atom is 0.228 e. The fourth-order valence-corrected chi connectivity index (χ4v) is 5.20.